The smallest absolute Gasteiger partial charge is 0.329 e. The maximum absolute atomic E-state index is 11.8. The van der Waals surface area contributed by atoms with E-state index < -0.39 is 0 Å². The molecule has 2 bridgehead atoms. The molecule has 0 aromatic carbocycles. The standard InChI is InChI=1S/C10H16N2O3/c1-10(2,3)11-9(14)12-5-6-4-7(12)8(13)15-6/h6-7H,4-5H2,1-3H3,(H,11,14). The summed E-state index contributed by atoms with van der Waals surface area (Å²) in [6.07, 6.45) is 0.560. The van der Waals surface area contributed by atoms with E-state index in [-0.39, 0.29) is 29.7 Å². The summed E-state index contributed by atoms with van der Waals surface area (Å²) in [7, 11) is 0. The minimum atomic E-state index is -0.364. The molecule has 2 amide bonds. The molecule has 5 heteroatoms. The Morgan fingerprint density at radius 1 is 1.53 bits per heavy atom. The molecule has 2 heterocycles. The van der Waals surface area contributed by atoms with Crippen LogP contribution >= 0.6 is 0 Å². The number of amides is 2. The Morgan fingerprint density at radius 2 is 2.20 bits per heavy atom. The van der Waals surface area contributed by atoms with Crippen LogP contribution in [0.25, 0.3) is 0 Å². The largest absolute Gasteiger partial charge is 0.459 e. The Balaban J connectivity index is 2.01. The van der Waals surface area contributed by atoms with Gasteiger partial charge in [-0.25, -0.2) is 9.59 Å². The number of morpholine rings is 1. The van der Waals surface area contributed by atoms with Crippen LogP contribution in [-0.4, -0.2) is 41.1 Å². The Hall–Kier alpha value is -1.26. The van der Waals surface area contributed by atoms with Gasteiger partial charge in [0.25, 0.3) is 0 Å². The van der Waals surface area contributed by atoms with Crippen LogP contribution in [0.4, 0.5) is 4.79 Å². The lowest BCUT2D eigenvalue weighted by atomic mass is 10.1. The van der Waals surface area contributed by atoms with E-state index in [1.165, 1.54) is 0 Å². The van der Waals surface area contributed by atoms with Crippen LogP contribution < -0.4 is 5.32 Å². The quantitative estimate of drug-likeness (QED) is 0.595. The maximum Gasteiger partial charge on any atom is 0.329 e. The van der Waals surface area contributed by atoms with Gasteiger partial charge in [0.15, 0.2) is 0 Å². The van der Waals surface area contributed by atoms with Crippen molar-refractivity contribution in [1.29, 1.82) is 0 Å². The van der Waals surface area contributed by atoms with Crippen LogP contribution in [0.1, 0.15) is 27.2 Å². The van der Waals surface area contributed by atoms with Crippen molar-refractivity contribution in [2.45, 2.75) is 44.9 Å². The van der Waals surface area contributed by atoms with Gasteiger partial charge in [-0.3, -0.25) is 0 Å². The monoisotopic (exact) mass is 212 g/mol. The number of carbonyl (C=O) groups is 2. The molecule has 0 aromatic rings. The number of likely N-dealkylation sites (tertiary alicyclic amines) is 1. The average Bonchev–Trinajstić information content (AvgIpc) is 2.58. The third kappa shape index (κ3) is 1.91. The molecule has 2 unspecified atom stereocenters. The number of carbonyl (C=O) groups excluding carboxylic acids is 2. The zero-order valence-electron chi connectivity index (χ0n) is 9.24. The molecule has 0 spiro atoms. The molecule has 2 rings (SSSR count). The molecule has 5 nitrogen and oxygen atoms in total. The summed E-state index contributed by atoms with van der Waals surface area (Å²) in [5.74, 6) is -0.268. The second-order valence-corrected chi connectivity index (χ2v) is 5.14. The van der Waals surface area contributed by atoms with Gasteiger partial charge in [0, 0.05) is 12.0 Å². The SMILES string of the molecule is CC(C)(C)NC(=O)N1CC2CC1C(=O)O2. The molecule has 2 atom stereocenters. The van der Waals surface area contributed by atoms with Crippen molar-refractivity contribution >= 4 is 12.0 Å². The molecule has 2 saturated heterocycles. The van der Waals surface area contributed by atoms with Crippen molar-refractivity contribution in [3.63, 3.8) is 0 Å². The number of hydrogen-bond donors (Lipinski definition) is 1. The van der Waals surface area contributed by atoms with Gasteiger partial charge in [-0.1, -0.05) is 0 Å². The lowest BCUT2D eigenvalue weighted by Crippen LogP contribution is -2.53. The summed E-state index contributed by atoms with van der Waals surface area (Å²) >= 11 is 0. The molecule has 0 aromatic heterocycles. The van der Waals surface area contributed by atoms with E-state index in [0.717, 1.165) is 0 Å². The van der Waals surface area contributed by atoms with Crippen molar-refractivity contribution in [3.05, 3.63) is 0 Å². The number of fused-ring (bicyclic) bond motifs is 2. The highest BCUT2D eigenvalue weighted by Gasteiger charge is 2.48. The summed E-state index contributed by atoms with van der Waals surface area (Å²) in [4.78, 5) is 24.6. The number of urea groups is 1. The number of hydrogen-bond acceptors (Lipinski definition) is 3. The Bertz CT molecular complexity index is 308. The van der Waals surface area contributed by atoms with Gasteiger partial charge in [0.2, 0.25) is 0 Å². The minimum absolute atomic E-state index is 0.0896. The summed E-state index contributed by atoms with van der Waals surface area (Å²) < 4.78 is 5.01. The molecular weight excluding hydrogens is 196 g/mol. The molecule has 15 heavy (non-hydrogen) atoms. The summed E-state index contributed by atoms with van der Waals surface area (Å²) in [5, 5.41) is 2.85. The number of nitrogens with zero attached hydrogens (tertiary/aromatic N) is 1. The van der Waals surface area contributed by atoms with Crippen molar-refractivity contribution in [1.82, 2.24) is 10.2 Å². The van der Waals surface area contributed by atoms with E-state index in [1.54, 1.807) is 4.90 Å². The first kappa shape index (κ1) is 10.3. The predicted octanol–water partition coefficient (Wildman–Crippen LogP) is 0.494. The first-order valence-corrected chi connectivity index (χ1v) is 5.16. The van der Waals surface area contributed by atoms with E-state index in [2.05, 4.69) is 5.32 Å². The fraction of sp³-hybridized carbons (Fsp3) is 0.800. The molecule has 84 valence electrons. The van der Waals surface area contributed by atoms with Gasteiger partial charge >= 0.3 is 12.0 Å². The van der Waals surface area contributed by atoms with Crippen LogP contribution in [0.5, 0.6) is 0 Å². The van der Waals surface area contributed by atoms with Crippen LogP contribution in [0.2, 0.25) is 0 Å². The normalized spacial score (nSPS) is 29.3. The van der Waals surface area contributed by atoms with Gasteiger partial charge in [-0.05, 0) is 20.8 Å². The topological polar surface area (TPSA) is 58.6 Å². The first-order valence-electron chi connectivity index (χ1n) is 5.16. The summed E-state index contributed by atoms with van der Waals surface area (Å²) in [6.45, 7) is 6.27. The highest BCUT2D eigenvalue weighted by molar-refractivity contribution is 5.86. The van der Waals surface area contributed by atoms with Crippen molar-refractivity contribution in [3.8, 4) is 0 Å². The zero-order chi connectivity index (χ0) is 11.2. The molecule has 1 N–H and O–H groups in total. The van der Waals surface area contributed by atoms with Gasteiger partial charge < -0.3 is 15.0 Å². The van der Waals surface area contributed by atoms with Crippen molar-refractivity contribution in [2.24, 2.45) is 0 Å². The van der Waals surface area contributed by atoms with E-state index in [9.17, 15) is 9.59 Å². The van der Waals surface area contributed by atoms with Gasteiger partial charge in [0.1, 0.15) is 12.1 Å². The number of nitrogens with one attached hydrogen (secondary N) is 1. The van der Waals surface area contributed by atoms with Crippen LogP contribution in [0.3, 0.4) is 0 Å². The lowest BCUT2D eigenvalue weighted by molar-refractivity contribution is -0.149. The van der Waals surface area contributed by atoms with Crippen LogP contribution in [-0.2, 0) is 9.53 Å². The van der Waals surface area contributed by atoms with Gasteiger partial charge in [-0.15, -0.1) is 0 Å². The van der Waals surface area contributed by atoms with E-state index in [0.29, 0.717) is 13.0 Å². The van der Waals surface area contributed by atoms with Crippen LogP contribution in [0, 0.1) is 0 Å². The molecule has 0 aliphatic carbocycles. The molecule has 2 fully saturated rings. The minimum Gasteiger partial charge on any atom is -0.459 e. The fourth-order valence-electron chi connectivity index (χ4n) is 1.97. The first-order chi connectivity index (χ1) is 6.87. The van der Waals surface area contributed by atoms with Crippen molar-refractivity contribution < 1.29 is 14.3 Å². The lowest BCUT2D eigenvalue weighted by Gasteiger charge is -2.30. The predicted molar refractivity (Wildman–Crippen MR) is 53.3 cm³/mol. The number of esters is 1. The van der Waals surface area contributed by atoms with E-state index in [4.69, 9.17) is 4.74 Å². The van der Waals surface area contributed by atoms with Gasteiger partial charge in [-0.2, -0.15) is 0 Å². The van der Waals surface area contributed by atoms with E-state index in [1.807, 2.05) is 20.8 Å². The average molecular weight is 212 g/mol. The molecule has 2 aliphatic heterocycles. The van der Waals surface area contributed by atoms with Crippen molar-refractivity contribution in [2.75, 3.05) is 6.54 Å². The molecule has 2 aliphatic rings. The fourth-order valence-corrected chi connectivity index (χ4v) is 1.97. The van der Waals surface area contributed by atoms with Crippen LogP contribution in [0.15, 0.2) is 0 Å². The molecule has 0 radical (unpaired) electrons. The Kier molecular flexibility index (Phi) is 2.13. The Labute approximate surface area is 88.8 Å². The third-order valence-electron chi connectivity index (χ3n) is 2.56. The second kappa shape index (κ2) is 3.12. The van der Waals surface area contributed by atoms with E-state index >= 15 is 0 Å². The third-order valence-corrected chi connectivity index (χ3v) is 2.56. The highest BCUT2D eigenvalue weighted by atomic mass is 16.6. The summed E-state index contributed by atoms with van der Waals surface area (Å²) in [6, 6.07) is -0.538. The summed E-state index contributed by atoms with van der Waals surface area (Å²) in [5.41, 5.74) is -0.275. The zero-order valence-corrected chi connectivity index (χ0v) is 9.24. The Morgan fingerprint density at radius 3 is 2.67 bits per heavy atom. The van der Waals surface area contributed by atoms with Gasteiger partial charge in [0.05, 0.1) is 6.54 Å². The molecular formula is C10H16N2O3. The second-order valence-electron chi connectivity index (χ2n) is 5.14. The highest BCUT2D eigenvalue weighted by Crippen LogP contribution is 2.29. The number of ether oxygens (including phenoxy) is 1. The molecule has 0 saturated carbocycles. The number of rotatable bonds is 0. The maximum atomic E-state index is 11.8.